The molecule has 2 rings (SSSR count). The zero-order valence-electron chi connectivity index (χ0n) is 14.9. The van der Waals surface area contributed by atoms with Crippen LogP contribution in [0.15, 0.2) is 12.1 Å². The number of carbonyl (C=O) groups is 3. The van der Waals surface area contributed by atoms with Crippen LogP contribution >= 0.6 is 11.3 Å². The molecule has 0 saturated carbocycles. The maximum absolute atomic E-state index is 12.6. The van der Waals surface area contributed by atoms with Crippen molar-refractivity contribution in [2.45, 2.75) is 40.7 Å². The second kappa shape index (κ2) is 7.65. The van der Waals surface area contributed by atoms with Gasteiger partial charge in [0.1, 0.15) is 4.88 Å². The number of ketones is 1. The smallest absolute Gasteiger partial charge is 0.349 e. The number of H-pyrrole nitrogens is 1. The molecule has 1 N–H and O–H groups in total. The molecule has 0 saturated heterocycles. The Bertz CT molecular complexity index is 818. The molecule has 1 atom stereocenters. The van der Waals surface area contributed by atoms with Gasteiger partial charge in [-0.05, 0) is 52.3 Å². The number of aromatic amines is 1. The average molecular weight is 363 g/mol. The molecule has 134 valence electrons. The van der Waals surface area contributed by atoms with Gasteiger partial charge in [-0.15, -0.1) is 11.3 Å². The first-order chi connectivity index (χ1) is 11.8. The van der Waals surface area contributed by atoms with E-state index in [0.717, 1.165) is 4.88 Å². The lowest BCUT2D eigenvalue weighted by atomic mass is 10.1. The third-order valence-corrected chi connectivity index (χ3v) is 4.74. The van der Waals surface area contributed by atoms with Gasteiger partial charge in [-0.3, -0.25) is 4.79 Å². The topological polar surface area (TPSA) is 85.5 Å². The number of esters is 2. The van der Waals surface area contributed by atoms with Crippen LogP contribution in [0.3, 0.4) is 0 Å². The lowest BCUT2D eigenvalue weighted by Gasteiger charge is -2.11. The standard InChI is InChI=1S/C18H21NO5S/c1-6-23-18(22)14-10(3)15(19-11(14)4)16(20)12(5)24-17(21)13-8-7-9(2)25-13/h7-8,12,19H,6H2,1-5H3/t12-/m0/s1. The van der Waals surface area contributed by atoms with Crippen molar-refractivity contribution in [2.24, 2.45) is 0 Å². The van der Waals surface area contributed by atoms with Crippen LogP contribution in [0.5, 0.6) is 0 Å². The minimum absolute atomic E-state index is 0.250. The van der Waals surface area contributed by atoms with Gasteiger partial charge < -0.3 is 14.5 Å². The fourth-order valence-corrected chi connectivity index (χ4v) is 3.28. The SMILES string of the molecule is CCOC(=O)c1c(C)[nH]c(C(=O)[C@H](C)OC(=O)c2ccc(C)s2)c1C. The molecular weight excluding hydrogens is 342 g/mol. The normalized spacial score (nSPS) is 11.9. The van der Waals surface area contributed by atoms with Gasteiger partial charge in [0.25, 0.3) is 0 Å². The summed E-state index contributed by atoms with van der Waals surface area (Å²) in [6.07, 6.45) is -0.971. The molecule has 7 heteroatoms. The number of ether oxygens (including phenoxy) is 2. The number of thiophene rings is 1. The van der Waals surface area contributed by atoms with E-state index < -0.39 is 23.8 Å². The van der Waals surface area contributed by atoms with Crippen molar-refractivity contribution in [3.8, 4) is 0 Å². The van der Waals surface area contributed by atoms with Crippen LogP contribution in [-0.2, 0) is 9.47 Å². The first-order valence-corrected chi connectivity index (χ1v) is 8.75. The molecule has 0 spiro atoms. The molecule has 2 heterocycles. The lowest BCUT2D eigenvalue weighted by molar-refractivity contribution is 0.0321. The molecule has 25 heavy (non-hydrogen) atoms. The number of rotatable bonds is 6. The van der Waals surface area contributed by atoms with Gasteiger partial charge in [-0.2, -0.15) is 0 Å². The van der Waals surface area contributed by atoms with E-state index in [9.17, 15) is 14.4 Å². The van der Waals surface area contributed by atoms with Crippen molar-refractivity contribution in [2.75, 3.05) is 6.61 Å². The second-order valence-electron chi connectivity index (χ2n) is 5.67. The molecule has 2 aromatic rings. The van der Waals surface area contributed by atoms with E-state index in [2.05, 4.69) is 4.98 Å². The highest BCUT2D eigenvalue weighted by Crippen LogP contribution is 2.22. The highest BCUT2D eigenvalue weighted by Gasteiger charge is 2.28. The minimum atomic E-state index is -0.971. The van der Waals surface area contributed by atoms with Crippen LogP contribution in [0.2, 0.25) is 0 Å². The molecule has 0 radical (unpaired) electrons. The summed E-state index contributed by atoms with van der Waals surface area (Å²) in [5.41, 5.74) is 1.64. The highest BCUT2D eigenvalue weighted by molar-refractivity contribution is 7.13. The number of aryl methyl sites for hydroxylation is 2. The van der Waals surface area contributed by atoms with Crippen molar-refractivity contribution in [3.63, 3.8) is 0 Å². The molecule has 0 unspecified atom stereocenters. The summed E-state index contributed by atoms with van der Waals surface area (Å²) in [6.45, 7) is 8.73. The van der Waals surface area contributed by atoms with Crippen molar-refractivity contribution in [1.29, 1.82) is 0 Å². The Kier molecular flexibility index (Phi) is 5.79. The van der Waals surface area contributed by atoms with E-state index in [1.807, 2.05) is 13.0 Å². The maximum Gasteiger partial charge on any atom is 0.349 e. The van der Waals surface area contributed by atoms with Crippen LogP contribution in [0.1, 0.15) is 60.5 Å². The predicted octanol–water partition coefficient (Wildman–Crippen LogP) is 3.61. The minimum Gasteiger partial charge on any atom is -0.462 e. The third-order valence-electron chi connectivity index (χ3n) is 3.76. The molecular formula is C18H21NO5S. The summed E-state index contributed by atoms with van der Waals surface area (Å²) in [5.74, 6) is -1.41. The monoisotopic (exact) mass is 363 g/mol. The summed E-state index contributed by atoms with van der Waals surface area (Å²) < 4.78 is 10.3. The fraction of sp³-hybridized carbons (Fsp3) is 0.389. The average Bonchev–Trinajstić information content (AvgIpc) is 3.10. The summed E-state index contributed by atoms with van der Waals surface area (Å²) in [6, 6.07) is 3.49. The predicted molar refractivity (Wildman–Crippen MR) is 94.5 cm³/mol. The Hall–Kier alpha value is -2.41. The zero-order valence-corrected chi connectivity index (χ0v) is 15.7. The number of hydrogen-bond acceptors (Lipinski definition) is 6. The number of aromatic nitrogens is 1. The Morgan fingerprint density at radius 2 is 1.84 bits per heavy atom. The quantitative estimate of drug-likeness (QED) is 0.626. The van der Waals surface area contributed by atoms with Crippen molar-refractivity contribution >= 4 is 29.1 Å². The van der Waals surface area contributed by atoms with Gasteiger partial charge in [-0.25, -0.2) is 9.59 Å². The van der Waals surface area contributed by atoms with Crippen LogP contribution in [0.25, 0.3) is 0 Å². The molecule has 0 bridgehead atoms. The molecule has 0 fully saturated rings. The lowest BCUT2D eigenvalue weighted by Crippen LogP contribution is -2.25. The number of hydrogen-bond donors (Lipinski definition) is 1. The van der Waals surface area contributed by atoms with Gasteiger partial charge in [0.2, 0.25) is 5.78 Å². The number of nitrogens with one attached hydrogen (secondary N) is 1. The second-order valence-corrected chi connectivity index (χ2v) is 6.96. The Morgan fingerprint density at radius 1 is 1.16 bits per heavy atom. The molecule has 0 aliphatic heterocycles. The van der Waals surface area contributed by atoms with E-state index in [-0.39, 0.29) is 12.3 Å². The molecule has 6 nitrogen and oxygen atoms in total. The van der Waals surface area contributed by atoms with E-state index >= 15 is 0 Å². The van der Waals surface area contributed by atoms with E-state index in [1.54, 1.807) is 26.8 Å². The Balaban J connectivity index is 2.18. The molecule has 0 aromatic carbocycles. The third kappa shape index (κ3) is 3.99. The summed E-state index contributed by atoms with van der Waals surface area (Å²) in [7, 11) is 0. The molecule has 0 aliphatic carbocycles. The highest BCUT2D eigenvalue weighted by atomic mass is 32.1. The van der Waals surface area contributed by atoms with Gasteiger partial charge >= 0.3 is 11.9 Å². The number of carbonyl (C=O) groups excluding carboxylic acids is 3. The van der Waals surface area contributed by atoms with Gasteiger partial charge in [0.05, 0.1) is 17.9 Å². The summed E-state index contributed by atoms with van der Waals surface area (Å²) in [5, 5.41) is 0. The number of Topliss-reactive ketones (excluding diaryl/α,β-unsaturated/α-hetero) is 1. The molecule has 2 aromatic heterocycles. The maximum atomic E-state index is 12.6. The van der Waals surface area contributed by atoms with Crippen molar-refractivity contribution < 1.29 is 23.9 Å². The first kappa shape index (κ1) is 18.9. The largest absolute Gasteiger partial charge is 0.462 e. The van der Waals surface area contributed by atoms with E-state index in [4.69, 9.17) is 9.47 Å². The first-order valence-electron chi connectivity index (χ1n) is 7.94. The van der Waals surface area contributed by atoms with Gasteiger partial charge in [0, 0.05) is 10.6 Å². The zero-order chi connectivity index (χ0) is 18.7. The van der Waals surface area contributed by atoms with Gasteiger partial charge in [0.15, 0.2) is 6.10 Å². The molecule has 0 amide bonds. The summed E-state index contributed by atoms with van der Waals surface area (Å²) >= 11 is 1.31. The summed E-state index contributed by atoms with van der Waals surface area (Å²) in [4.78, 5) is 41.1. The van der Waals surface area contributed by atoms with E-state index in [1.165, 1.54) is 18.3 Å². The van der Waals surface area contributed by atoms with Gasteiger partial charge in [-0.1, -0.05) is 0 Å². The Morgan fingerprint density at radius 3 is 2.40 bits per heavy atom. The van der Waals surface area contributed by atoms with Crippen LogP contribution < -0.4 is 0 Å². The van der Waals surface area contributed by atoms with Crippen LogP contribution in [0, 0.1) is 20.8 Å². The van der Waals surface area contributed by atoms with Crippen molar-refractivity contribution in [1.82, 2.24) is 4.98 Å². The van der Waals surface area contributed by atoms with Crippen molar-refractivity contribution in [3.05, 3.63) is 44.4 Å². The van der Waals surface area contributed by atoms with Crippen LogP contribution in [-0.4, -0.2) is 35.4 Å². The van der Waals surface area contributed by atoms with E-state index in [0.29, 0.717) is 21.7 Å². The molecule has 0 aliphatic rings. The fourth-order valence-electron chi connectivity index (χ4n) is 2.53. The van der Waals surface area contributed by atoms with Crippen LogP contribution in [0.4, 0.5) is 0 Å². The Labute approximate surface area is 150 Å².